The maximum absolute atomic E-state index is 12.3. The lowest BCUT2D eigenvalue weighted by Crippen LogP contribution is -2.19. The number of carbonyl (C=O) groups is 1. The van der Waals surface area contributed by atoms with E-state index in [-0.39, 0.29) is 10.6 Å². The van der Waals surface area contributed by atoms with Crippen molar-refractivity contribution >= 4 is 39.1 Å². The smallest absolute Gasteiger partial charge is 0.339 e. The molecule has 0 bridgehead atoms. The van der Waals surface area contributed by atoms with Crippen molar-refractivity contribution in [1.29, 1.82) is 0 Å². The monoisotopic (exact) mass is 402 g/mol. The Hall–Kier alpha value is -3.03. The van der Waals surface area contributed by atoms with E-state index in [1.807, 2.05) is 6.07 Å². The second kappa shape index (κ2) is 8.11. The van der Waals surface area contributed by atoms with Crippen LogP contribution in [0.1, 0.15) is 0 Å². The minimum atomic E-state index is -4.01. The first kappa shape index (κ1) is 18.8. The van der Waals surface area contributed by atoms with Crippen LogP contribution in [0.2, 0.25) is 5.02 Å². The van der Waals surface area contributed by atoms with Crippen molar-refractivity contribution in [1.82, 2.24) is 0 Å². The number of urea groups is 1. The summed E-state index contributed by atoms with van der Waals surface area (Å²) in [6.45, 7) is 0. The van der Waals surface area contributed by atoms with Crippen LogP contribution in [0.25, 0.3) is 0 Å². The van der Waals surface area contributed by atoms with Crippen LogP contribution in [0, 0.1) is 0 Å². The van der Waals surface area contributed by atoms with Crippen LogP contribution in [0.4, 0.5) is 16.2 Å². The molecule has 0 radical (unpaired) electrons. The van der Waals surface area contributed by atoms with Gasteiger partial charge in [-0.3, -0.25) is 0 Å². The predicted molar refractivity (Wildman–Crippen MR) is 105 cm³/mol. The van der Waals surface area contributed by atoms with Crippen molar-refractivity contribution in [2.45, 2.75) is 4.90 Å². The Balaban J connectivity index is 1.70. The predicted octanol–water partition coefficient (Wildman–Crippen LogP) is 4.75. The molecule has 27 heavy (non-hydrogen) atoms. The molecule has 138 valence electrons. The fourth-order valence-electron chi connectivity index (χ4n) is 2.22. The molecule has 0 aliphatic rings. The number of rotatable bonds is 5. The molecule has 3 aromatic carbocycles. The van der Waals surface area contributed by atoms with Gasteiger partial charge in [0.1, 0.15) is 10.6 Å². The number of para-hydroxylation sites is 1. The van der Waals surface area contributed by atoms with Crippen molar-refractivity contribution in [2.75, 3.05) is 10.6 Å². The van der Waals surface area contributed by atoms with E-state index in [9.17, 15) is 13.2 Å². The fourth-order valence-corrected chi connectivity index (χ4v) is 3.27. The van der Waals surface area contributed by atoms with E-state index in [2.05, 4.69) is 10.6 Å². The van der Waals surface area contributed by atoms with E-state index in [4.69, 9.17) is 15.8 Å². The summed E-state index contributed by atoms with van der Waals surface area (Å²) >= 11 is 5.77. The minimum Gasteiger partial charge on any atom is -0.379 e. The standard InChI is InChI=1S/C19H15ClN2O4S/c20-14-9-11-18(12-10-14)27(24,25)26-17-8-4-7-16(13-17)22-19(23)21-15-5-2-1-3-6-15/h1-13H,(H2,21,22,23). The molecule has 0 aromatic heterocycles. The van der Waals surface area contributed by atoms with Gasteiger partial charge >= 0.3 is 16.1 Å². The van der Waals surface area contributed by atoms with Gasteiger partial charge in [0.05, 0.1) is 0 Å². The molecule has 3 aromatic rings. The van der Waals surface area contributed by atoms with E-state index in [1.54, 1.807) is 36.4 Å². The number of amides is 2. The third-order valence-corrected chi connectivity index (χ3v) is 4.95. The summed E-state index contributed by atoms with van der Waals surface area (Å²) in [5.74, 6) is 0.0717. The molecule has 0 saturated heterocycles. The highest BCUT2D eigenvalue weighted by Crippen LogP contribution is 2.23. The minimum absolute atomic E-state index is 0.0212. The van der Waals surface area contributed by atoms with Crippen LogP contribution in [0.3, 0.4) is 0 Å². The van der Waals surface area contributed by atoms with Crippen molar-refractivity contribution in [2.24, 2.45) is 0 Å². The van der Waals surface area contributed by atoms with Gasteiger partial charge < -0.3 is 14.8 Å². The van der Waals surface area contributed by atoms with Crippen LogP contribution in [0.5, 0.6) is 5.75 Å². The Morgan fingerprint density at radius 3 is 2.15 bits per heavy atom. The van der Waals surface area contributed by atoms with E-state index in [0.717, 1.165) is 0 Å². The van der Waals surface area contributed by atoms with Crippen LogP contribution < -0.4 is 14.8 Å². The number of hydrogen-bond acceptors (Lipinski definition) is 4. The summed E-state index contributed by atoms with van der Waals surface area (Å²) in [7, 11) is -4.01. The number of anilines is 2. The maximum atomic E-state index is 12.3. The molecular formula is C19H15ClN2O4S. The molecule has 0 unspecified atom stereocenters. The largest absolute Gasteiger partial charge is 0.379 e. The first-order valence-corrected chi connectivity index (χ1v) is 9.64. The molecule has 0 aliphatic carbocycles. The van der Waals surface area contributed by atoms with Gasteiger partial charge in [-0.1, -0.05) is 35.9 Å². The topological polar surface area (TPSA) is 84.5 Å². The highest BCUT2D eigenvalue weighted by atomic mass is 35.5. The van der Waals surface area contributed by atoms with E-state index in [0.29, 0.717) is 16.4 Å². The van der Waals surface area contributed by atoms with Gasteiger partial charge in [-0.2, -0.15) is 8.42 Å². The zero-order chi connectivity index (χ0) is 19.3. The molecule has 8 heteroatoms. The number of nitrogens with one attached hydrogen (secondary N) is 2. The quantitative estimate of drug-likeness (QED) is 0.603. The normalized spacial score (nSPS) is 10.9. The van der Waals surface area contributed by atoms with E-state index < -0.39 is 16.1 Å². The van der Waals surface area contributed by atoms with Crippen molar-refractivity contribution in [3.8, 4) is 5.75 Å². The number of halogens is 1. The molecule has 2 amide bonds. The summed E-state index contributed by atoms with van der Waals surface area (Å²) in [4.78, 5) is 12.0. The summed E-state index contributed by atoms with van der Waals surface area (Å²) in [6, 6.07) is 20.2. The summed E-state index contributed by atoms with van der Waals surface area (Å²) in [5, 5.41) is 5.71. The average Bonchev–Trinajstić information content (AvgIpc) is 2.62. The molecule has 0 aliphatic heterocycles. The molecule has 3 rings (SSSR count). The summed E-state index contributed by atoms with van der Waals surface area (Å²) < 4.78 is 29.8. The Bertz CT molecular complexity index is 1040. The highest BCUT2D eigenvalue weighted by molar-refractivity contribution is 7.87. The fraction of sp³-hybridized carbons (Fsp3) is 0. The first-order chi connectivity index (χ1) is 12.9. The van der Waals surface area contributed by atoms with Crippen LogP contribution in [-0.2, 0) is 10.1 Å². The lowest BCUT2D eigenvalue weighted by molar-refractivity contribution is 0.262. The van der Waals surface area contributed by atoms with Gasteiger partial charge in [-0.25, -0.2) is 4.79 Å². The first-order valence-electron chi connectivity index (χ1n) is 7.85. The van der Waals surface area contributed by atoms with Gasteiger partial charge in [0.25, 0.3) is 0 Å². The van der Waals surface area contributed by atoms with Crippen molar-refractivity contribution in [3.05, 3.63) is 83.9 Å². The highest BCUT2D eigenvalue weighted by Gasteiger charge is 2.17. The Morgan fingerprint density at radius 2 is 1.44 bits per heavy atom. The number of benzene rings is 3. The maximum Gasteiger partial charge on any atom is 0.339 e. The van der Waals surface area contributed by atoms with E-state index in [1.165, 1.54) is 36.4 Å². The van der Waals surface area contributed by atoms with Gasteiger partial charge in [-0.15, -0.1) is 0 Å². The lowest BCUT2D eigenvalue weighted by Gasteiger charge is -2.10. The molecule has 0 saturated carbocycles. The number of hydrogen-bond donors (Lipinski definition) is 2. The Morgan fingerprint density at radius 1 is 0.815 bits per heavy atom. The second-order valence-corrected chi connectivity index (χ2v) is 7.45. The van der Waals surface area contributed by atoms with Crippen molar-refractivity contribution in [3.63, 3.8) is 0 Å². The Labute approximate surface area is 161 Å². The van der Waals surface area contributed by atoms with Crippen LogP contribution in [0.15, 0.2) is 83.8 Å². The third-order valence-electron chi connectivity index (χ3n) is 3.43. The molecule has 0 heterocycles. The Kier molecular flexibility index (Phi) is 5.63. The van der Waals surface area contributed by atoms with Crippen LogP contribution >= 0.6 is 11.6 Å². The SMILES string of the molecule is O=C(Nc1ccccc1)Nc1cccc(OS(=O)(=O)c2ccc(Cl)cc2)c1. The second-order valence-electron chi connectivity index (χ2n) is 5.46. The zero-order valence-corrected chi connectivity index (χ0v) is 15.5. The molecule has 6 nitrogen and oxygen atoms in total. The van der Waals surface area contributed by atoms with Crippen LogP contribution in [-0.4, -0.2) is 14.4 Å². The third kappa shape index (κ3) is 5.22. The molecule has 0 fully saturated rings. The average molecular weight is 403 g/mol. The molecule has 0 spiro atoms. The van der Waals surface area contributed by atoms with Crippen molar-refractivity contribution < 1.29 is 17.4 Å². The van der Waals surface area contributed by atoms with Gasteiger partial charge in [0.15, 0.2) is 0 Å². The molecular weight excluding hydrogens is 388 g/mol. The summed E-state index contributed by atoms with van der Waals surface area (Å²) in [6.07, 6.45) is 0. The summed E-state index contributed by atoms with van der Waals surface area (Å²) in [5.41, 5.74) is 1.01. The number of carbonyl (C=O) groups excluding carboxylic acids is 1. The lowest BCUT2D eigenvalue weighted by atomic mass is 10.3. The zero-order valence-electron chi connectivity index (χ0n) is 13.9. The van der Waals surface area contributed by atoms with Gasteiger partial charge in [0.2, 0.25) is 0 Å². The molecule has 0 atom stereocenters. The van der Waals surface area contributed by atoms with Gasteiger partial charge in [0, 0.05) is 22.5 Å². The molecule has 2 N–H and O–H groups in total. The van der Waals surface area contributed by atoms with E-state index >= 15 is 0 Å². The van der Waals surface area contributed by atoms with Gasteiger partial charge in [-0.05, 0) is 48.5 Å².